The van der Waals surface area contributed by atoms with Gasteiger partial charge < -0.3 is 19.0 Å². The molecule has 0 unspecified atom stereocenters. The zero-order chi connectivity index (χ0) is 19.4. The zero-order valence-electron chi connectivity index (χ0n) is 15.2. The van der Waals surface area contributed by atoms with Crippen molar-refractivity contribution in [1.29, 1.82) is 0 Å². The average Bonchev–Trinajstić information content (AvgIpc) is 3.24. The number of benzene rings is 1. The van der Waals surface area contributed by atoms with E-state index in [1.165, 1.54) is 11.3 Å². The molecule has 1 aromatic heterocycles. The van der Waals surface area contributed by atoms with Crippen LogP contribution in [0.4, 0.5) is 0 Å². The molecule has 1 aliphatic rings. The lowest BCUT2D eigenvalue weighted by Crippen LogP contribution is -2.17. The summed E-state index contributed by atoms with van der Waals surface area (Å²) in [6.07, 6.45) is 0. The normalized spacial score (nSPS) is 12.8. The number of oxime groups is 1. The van der Waals surface area contributed by atoms with Crippen LogP contribution >= 0.6 is 11.3 Å². The summed E-state index contributed by atoms with van der Waals surface area (Å²) in [6.45, 7) is 5.04. The standard InChI is InChI=1S/C19H19NO6S/c1-11-6-15(13(3)27-11)16(21)8-23-19(22)9-26-20-12(2)14-4-5-17-18(7-14)25-10-24-17/h4-7H,8-10H2,1-3H3/b20-12+. The van der Waals surface area contributed by atoms with Crippen molar-refractivity contribution in [2.24, 2.45) is 5.16 Å². The van der Waals surface area contributed by atoms with Gasteiger partial charge in [0.05, 0.1) is 5.71 Å². The summed E-state index contributed by atoms with van der Waals surface area (Å²) in [5.41, 5.74) is 1.94. The van der Waals surface area contributed by atoms with Crippen molar-refractivity contribution in [2.45, 2.75) is 20.8 Å². The highest BCUT2D eigenvalue weighted by Gasteiger charge is 2.16. The van der Waals surface area contributed by atoms with Crippen molar-refractivity contribution in [3.8, 4) is 11.5 Å². The Morgan fingerprint density at radius 3 is 2.67 bits per heavy atom. The van der Waals surface area contributed by atoms with Gasteiger partial charge in [0.1, 0.15) is 0 Å². The number of thiophene rings is 1. The van der Waals surface area contributed by atoms with Crippen LogP contribution in [0.3, 0.4) is 0 Å². The fourth-order valence-corrected chi connectivity index (χ4v) is 3.47. The topological polar surface area (TPSA) is 83.4 Å². The Hall–Kier alpha value is -2.87. The zero-order valence-corrected chi connectivity index (χ0v) is 16.1. The molecule has 0 fully saturated rings. The van der Waals surface area contributed by atoms with Gasteiger partial charge in [0.25, 0.3) is 0 Å². The highest BCUT2D eigenvalue weighted by Crippen LogP contribution is 2.32. The fourth-order valence-electron chi connectivity index (χ4n) is 2.53. The van der Waals surface area contributed by atoms with Crippen molar-refractivity contribution < 1.29 is 28.6 Å². The first-order valence-corrected chi connectivity index (χ1v) is 9.08. The van der Waals surface area contributed by atoms with Gasteiger partial charge in [0.15, 0.2) is 18.1 Å². The number of fused-ring (bicyclic) bond motifs is 1. The SMILES string of the molecule is C/C(=N\OCC(=O)OCC(=O)c1cc(C)sc1C)c1ccc2c(c1)OCO2. The van der Waals surface area contributed by atoms with Crippen molar-refractivity contribution in [1.82, 2.24) is 0 Å². The van der Waals surface area contributed by atoms with E-state index in [9.17, 15) is 9.59 Å². The molecule has 0 atom stereocenters. The number of aryl methyl sites for hydroxylation is 2. The molecule has 0 radical (unpaired) electrons. The number of nitrogens with zero attached hydrogens (tertiary/aromatic N) is 1. The molecule has 1 aliphatic heterocycles. The number of rotatable bonds is 7. The van der Waals surface area contributed by atoms with Crippen LogP contribution in [0.1, 0.15) is 32.6 Å². The Balaban J connectivity index is 1.47. The third-order valence-electron chi connectivity index (χ3n) is 3.88. The molecule has 0 aliphatic carbocycles. The molecule has 2 heterocycles. The van der Waals surface area contributed by atoms with Gasteiger partial charge in [-0.1, -0.05) is 5.16 Å². The second kappa shape index (κ2) is 8.22. The van der Waals surface area contributed by atoms with Gasteiger partial charge in [-0.25, -0.2) is 4.79 Å². The first-order chi connectivity index (χ1) is 12.9. The average molecular weight is 389 g/mol. The molecular formula is C19H19NO6S. The van der Waals surface area contributed by atoms with E-state index in [2.05, 4.69) is 5.16 Å². The van der Waals surface area contributed by atoms with Crippen LogP contribution in [0, 0.1) is 13.8 Å². The van der Waals surface area contributed by atoms with Crippen LogP contribution in [-0.4, -0.2) is 37.5 Å². The van der Waals surface area contributed by atoms with E-state index >= 15 is 0 Å². The lowest BCUT2D eigenvalue weighted by molar-refractivity contribution is -0.147. The summed E-state index contributed by atoms with van der Waals surface area (Å²) in [6, 6.07) is 7.18. The minimum absolute atomic E-state index is 0.195. The number of Topliss-reactive ketones (excluding diaryl/α,β-unsaturated/α-hetero) is 1. The minimum Gasteiger partial charge on any atom is -0.455 e. The lowest BCUT2D eigenvalue weighted by Gasteiger charge is -2.05. The van der Waals surface area contributed by atoms with E-state index in [4.69, 9.17) is 19.0 Å². The van der Waals surface area contributed by atoms with Gasteiger partial charge in [-0.3, -0.25) is 4.79 Å². The number of hydrogen-bond donors (Lipinski definition) is 0. The second-order valence-corrected chi connectivity index (χ2v) is 7.39. The third-order valence-corrected chi connectivity index (χ3v) is 4.85. The van der Waals surface area contributed by atoms with E-state index in [-0.39, 0.29) is 25.8 Å². The second-order valence-electron chi connectivity index (χ2n) is 5.93. The van der Waals surface area contributed by atoms with Crippen molar-refractivity contribution in [2.75, 3.05) is 20.0 Å². The number of ketones is 1. The number of esters is 1. The molecule has 0 saturated carbocycles. The molecule has 142 valence electrons. The summed E-state index contributed by atoms with van der Waals surface area (Å²) in [5.74, 6) is 0.427. The van der Waals surface area contributed by atoms with E-state index in [1.807, 2.05) is 19.9 Å². The molecule has 7 nitrogen and oxygen atoms in total. The Bertz CT molecular complexity index is 902. The molecule has 0 spiro atoms. The number of hydrogen-bond acceptors (Lipinski definition) is 8. The summed E-state index contributed by atoms with van der Waals surface area (Å²) in [5, 5.41) is 3.90. The highest BCUT2D eigenvalue weighted by atomic mass is 32.1. The molecule has 1 aromatic carbocycles. The van der Waals surface area contributed by atoms with Gasteiger partial charge in [-0.05, 0) is 45.0 Å². The smallest absolute Gasteiger partial charge is 0.347 e. The van der Waals surface area contributed by atoms with E-state index in [0.717, 1.165) is 15.3 Å². The fraction of sp³-hybridized carbons (Fsp3) is 0.316. The maximum absolute atomic E-state index is 12.1. The summed E-state index contributed by atoms with van der Waals surface area (Å²) in [7, 11) is 0. The molecule has 3 rings (SSSR count). The Morgan fingerprint density at radius 1 is 1.15 bits per heavy atom. The molecule has 0 amide bonds. The van der Waals surface area contributed by atoms with Crippen LogP contribution in [0.25, 0.3) is 0 Å². The van der Waals surface area contributed by atoms with E-state index < -0.39 is 5.97 Å². The molecular weight excluding hydrogens is 370 g/mol. The Morgan fingerprint density at radius 2 is 1.93 bits per heavy atom. The predicted octanol–water partition coefficient (Wildman–Crippen LogP) is 3.26. The van der Waals surface area contributed by atoms with Crippen LogP contribution in [0.15, 0.2) is 29.4 Å². The molecule has 0 N–H and O–H groups in total. The lowest BCUT2D eigenvalue weighted by atomic mass is 10.1. The van der Waals surface area contributed by atoms with Gasteiger partial charge in [-0.15, -0.1) is 11.3 Å². The first kappa shape index (κ1) is 18.9. The van der Waals surface area contributed by atoms with Crippen LogP contribution in [0.2, 0.25) is 0 Å². The molecule has 0 bridgehead atoms. The van der Waals surface area contributed by atoms with Crippen LogP contribution in [-0.2, 0) is 14.4 Å². The Labute approximate surface area is 160 Å². The maximum Gasteiger partial charge on any atom is 0.347 e. The van der Waals surface area contributed by atoms with Crippen molar-refractivity contribution >= 4 is 28.8 Å². The maximum atomic E-state index is 12.1. The highest BCUT2D eigenvalue weighted by molar-refractivity contribution is 7.12. The number of ether oxygens (including phenoxy) is 3. The monoisotopic (exact) mass is 389 g/mol. The number of carbonyl (C=O) groups is 2. The quantitative estimate of drug-likeness (QED) is 0.313. The molecule has 8 heteroatoms. The largest absolute Gasteiger partial charge is 0.455 e. The summed E-state index contributed by atoms with van der Waals surface area (Å²) in [4.78, 5) is 30.8. The predicted molar refractivity (Wildman–Crippen MR) is 99.8 cm³/mol. The minimum atomic E-state index is -0.657. The number of carbonyl (C=O) groups excluding carboxylic acids is 2. The van der Waals surface area contributed by atoms with Crippen LogP contribution < -0.4 is 9.47 Å². The molecule has 2 aromatic rings. The van der Waals surface area contributed by atoms with Gasteiger partial charge >= 0.3 is 5.97 Å². The molecule has 0 saturated heterocycles. The van der Waals surface area contributed by atoms with Gasteiger partial charge in [-0.2, -0.15) is 0 Å². The molecule has 27 heavy (non-hydrogen) atoms. The Kier molecular flexibility index (Phi) is 5.75. The van der Waals surface area contributed by atoms with Crippen LogP contribution in [0.5, 0.6) is 11.5 Å². The van der Waals surface area contributed by atoms with Crippen molar-refractivity contribution in [3.63, 3.8) is 0 Å². The third kappa shape index (κ3) is 4.65. The summed E-state index contributed by atoms with van der Waals surface area (Å²) < 4.78 is 15.5. The summed E-state index contributed by atoms with van der Waals surface area (Å²) >= 11 is 1.53. The van der Waals surface area contributed by atoms with E-state index in [1.54, 1.807) is 25.1 Å². The van der Waals surface area contributed by atoms with Crippen molar-refractivity contribution in [3.05, 3.63) is 45.1 Å². The van der Waals surface area contributed by atoms with Gasteiger partial charge in [0, 0.05) is 20.9 Å². The first-order valence-electron chi connectivity index (χ1n) is 8.26. The van der Waals surface area contributed by atoms with E-state index in [0.29, 0.717) is 22.8 Å². The van der Waals surface area contributed by atoms with Gasteiger partial charge in [0.2, 0.25) is 19.2 Å².